The van der Waals surface area contributed by atoms with Crippen molar-refractivity contribution in [2.24, 2.45) is 0 Å². The average molecular weight is 259 g/mol. The number of hydrogen-bond donors (Lipinski definition) is 2. The monoisotopic (exact) mass is 259 g/mol. The first kappa shape index (κ1) is 13.9. The zero-order valence-corrected chi connectivity index (χ0v) is 11.6. The van der Waals surface area contributed by atoms with Gasteiger partial charge >= 0.3 is 0 Å². The predicted molar refractivity (Wildman–Crippen MR) is 76.1 cm³/mol. The molecule has 0 aromatic heterocycles. The molecule has 2 N–H and O–H groups in total. The number of rotatable bonds is 2. The van der Waals surface area contributed by atoms with E-state index < -0.39 is 0 Å². The van der Waals surface area contributed by atoms with E-state index in [2.05, 4.69) is 30.1 Å². The highest BCUT2D eigenvalue weighted by atomic mass is 16.3. The summed E-state index contributed by atoms with van der Waals surface area (Å²) in [7, 11) is 0. The van der Waals surface area contributed by atoms with Crippen LogP contribution >= 0.6 is 0 Å². The second-order valence-electron chi connectivity index (χ2n) is 5.67. The lowest BCUT2D eigenvalue weighted by Crippen LogP contribution is -2.47. The number of nitriles is 1. The number of aliphatic hydroxyl groups is 1. The molecule has 4 heteroatoms. The van der Waals surface area contributed by atoms with Gasteiger partial charge < -0.3 is 15.3 Å². The summed E-state index contributed by atoms with van der Waals surface area (Å²) >= 11 is 0. The van der Waals surface area contributed by atoms with E-state index in [1.807, 2.05) is 24.3 Å². The van der Waals surface area contributed by atoms with Crippen LogP contribution in [0.5, 0.6) is 0 Å². The van der Waals surface area contributed by atoms with E-state index in [9.17, 15) is 5.11 Å². The van der Waals surface area contributed by atoms with Crippen molar-refractivity contribution >= 4 is 5.69 Å². The van der Waals surface area contributed by atoms with Gasteiger partial charge in [0.05, 0.1) is 18.2 Å². The predicted octanol–water partition coefficient (Wildman–Crippen LogP) is 1.50. The maximum Gasteiger partial charge on any atom is 0.0992 e. The minimum Gasteiger partial charge on any atom is -0.395 e. The van der Waals surface area contributed by atoms with Gasteiger partial charge in [0, 0.05) is 23.8 Å². The fraction of sp³-hybridized carbons (Fsp3) is 0.533. The highest BCUT2D eigenvalue weighted by Gasteiger charge is 2.31. The van der Waals surface area contributed by atoms with E-state index in [0.29, 0.717) is 5.56 Å². The van der Waals surface area contributed by atoms with E-state index in [1.54, 1.807) is 0 Å². The Morgan fingerprint density at radius 2 is 2.32 bits per heavy atom. The molecule has 1 aliphatic heterocycles. The number of hydrogen-bond acceptors (Lipinski definition) is 4. The number of nitrogens with one attached hydrogen (secondary N) is 1. The van der Waals surface area contributed by atoms with E-state index in [1.165, 1.54) is 0 Å². The molecule has 19 heavy (non-hydrogen) atoms. The molecule has 0 radical (unpaired) electrons. The zero-order chi connectivity index (χ0) is 13.9. The summed E-state index contributed by atoms with van der Waals surface area (Å²) in [5, 5.41) is 21.8. The number of nitrogens with zero attached hydrogens (tertiary/aromatic N) is 2. The molecular weight excluding hydrogens is 238 g/mol. The Labute approximate surface area is 114 Å². The largest absolute Gasteiger partial charge is 0.395 e. The quantitative estimate of drug-likeness (QED) is 0.845. The van der Waals surface area contributed by atoms with Crippen LogP contribution < -0.4 is 10.2 Å². The summed E-state index contributed by atoms with van der Waals surface area (Å²) in [6.45, 7) is 6.18. The van der Waals surface area contributed by atoms with Crippen molar-refractivity contribution in [1.82, 2.24) is 5.32 Å². The van der Waals surface area contributed by atoms with Crippen molar-refractivity contribution in [1.29, 1.82) is 5.26 Å². The molecule has 102 valence electrons. The number of benzene rings is 1. The van der Waals surface area contributed by atoms with Gasteiger partial charge in [-0.2, -0.15) is 5.26 Å². The summed E-state index contributed by atoms with van der Waals surface area (Å²) < 4.78 is 0. The lowest BCUT2D eigenvalue weighted by atomic mass is 9.97. The first-order valence-corrected chi connectivity index (χ1v) is 6.69. The van der Waals surface area contributed by atoms with Crippen molar-refractivity contribution < 1.29 is 5.11 Å². The molecule has 1 fully saturated rings. The van der Waals surface area contributed by atoms with Crippen LogP contribution in [0.3, 0.4) is 0 Å². The van der Waals surface area contributed by atoms with Crippen LogP contribution in [0.25, 0.3) is 0 Å². The molecule has 1 heterocycles. The Morgan fingerprint density at radius 3 is 3.00 bits per heavy atom. The SMILES string of the molecule is CC1(C)CCNC(CO)CN1c1cccc(C#N)c1. The van der Waals surface area contributed by atoms with Gasteiger partial charge in [0.25, 0.3) is 0 Å². The molecule has 1 saturated heterocycles. The Balaban J connectivity index is 2.34. The van der Waals surface area contributed by atoms with Gasteiger partial charge in [-0.05, 0) is 45.0 Å². The highest BCUT2D eigenvalue weighted by molar-refractivity contribution is 5.53. The second-order valence-corrected chi connectivity index (χ2v) is 5.67. The lowest BCUT2D eigenvalue weighted by molar-refractivity contribution is 0.248. The van der Waals surface area contributed by atoms with Crippen LogP contribution in [0.1, 0.15) is 25.8 Å². The maximum absolute atomic E-state index is 9.41. The molecule has 1 aliphatic rings. The third kappa shape index (κ3) is 3.06. The van der Waals surface area contributed by atoms with Gasteiger partial charge in [-0.3, -0.25) is 0 Å². The molecule has 1 aromatic carbocycles. The minimum absolute atomic E-state index is 0.00496. The van der Waals surface area contributed by atoms with Gasteiger partial charge in [0.2, 0.25) is 0 Å². The highest BCUT2D eigenvalue weighted by Crippen LogP contribution is 2.28. The van der Waals surface area contributed by atoms with Crippen LogP contribution in [-0.4, -0.2) is 36.4 Å². The van der Waals surface area contributed by atoms with Gasteiger partial charge in [-0.15, -0.1) is 0 Å². The normalized spacial score (nSPS) is 22.6. The molecule has 0 amide bonds. The molecule has 0 aliphatic carbocycles. The molecule has 1 unspecified atom stereocenters. The average Bonchev–Trinajstić information content (AvgIpc) is 2.57. The summed E-state index contributed by atoms with van der Waals surface area (Å²) in [6, 6.07) is 9.94. The van der Waals surface area contributed by atoms with Crippen molar-refractivity contribution in [2.75, 3.05) is 24.6 Å². The van der Waals surface area contributed by atoms with Crippen LogP contribution in [0.4, 0.5) is 5.69 Å². The van der Waals surface area contributed by atoms with Gasteiger partial charge in [0.15, 0.2) is 0 Å². The maximum atomic E-state index is 9.41. The van der Waals surface area contributed by atoms with E-state index in [-0.39, 0.29) is 18.2 Å². The zero-order valence-electron chi connectivity index (χ0n) is 11.6. The molecule has 0 saturated carbocycles. The molecule has 0 spiro atoms. The van der Waals surface area contributed by atoms with Crippen LogP contribution in [0, 0.1) is 11.3 Å². The van der Waals surface area contributed by atoms with Crippen LogP contribution in [-0.2, 0) is 0 Å². The molecule has 1 atom stereocenters. The molecule has 1 aromatic rings. The fourth-order valence-electron chi connectivity index (χ4n) is 2.57. The molecule has 2 rings (SSSR count). The minimum atomic E-state index is 0.00496. The standard InChI is InChI=1S/C15H21N3O/c1-15(2)6-7-17-13(11-19)10-18(15)14-5-3-4-12(8-14)9-16/h3-5,8,13,17,19H,6-7,10-11H2,1-2H3. The van der Waals surface area contributed by atoms with E-state index in [4.69, 9.17) is 5.26 Å². The van der Waals surface area contributed by atoms with Gasteiger partial charge in [-0.1, -0.05) is 6.07 Å². The molecule has 0 bridgehead atoms. The van der Waals surface area contributed by atoms with Gasteiger partial charge in [0.1, 0.15) is 0 Å². The molecular formula is C15H21N3O. The first-order chi connectivity index (χ1) is 9.06. The van der Waals surface area contributed by atoms with Crippen molar-refractivity contribution in [2.45, 2.75) is 31.8 Å². The Hall–Kier alpha value is -1.57. The second kappa shape index (κ2) is 5.60. The summed E-state index contributed by atoms with van der Waals surface area (Å²) in [5.41, 5.74) is 1.72. The van der Waals surface area contributed by atoms with Crippen molar-refractivity contribution in [3.63, 3.8) is 0 Å². The molecule has 4 nitrogen and oxygen atoms in total. The van der Waals surface area contributed by atoms with E-state index in [0.717, 1.165) is 25.2 Å². The summed E-state index contributed by atoms with van der Waals surface area (Å²) in [5.74, 6) is 0. The Morgan fingerprint density at radius 1 is 1.53 bits per heavy atom. The summed E-state index contributed by atoms with van der Waals surface area (Å²) in [6.07, 6.45) is 1.00. The first-order valence-electron chi connectivity index (χ1n) is 6.69. The van der Waals surface area contributed by atoms with Crippen LogP contribution in [0.2, 0.25) is 0 Å². The Kier molecular flexibility index (Phi) is 4.08. The van der Waals surface area contributed by atoms with Crippen molar-refractivity contribution in [3.05, 3.63) is 29.8 Å². The van der Waals surface area contributed by atoms with Crippen LogP contribution in [0.15, 0.2) is 24.3 Å². The van der Waals surface area contributed by atoms with E-state index >= 15 is 0 Å². The summed E-state index contributed by atoms with van der Waals surface area (Å²) in [4.78, 5) is 2.29. The lowest BCUT2D eigenvalue weighted by Gasteiger charge is -2.39. The van der Waals surface area contributed by atoms with Crippen molar-refractivity contribution in [3.8, 4) is 6.07 Å². The third-order valence-corrected chi connectivity index (χ3v) is 3.81. The number of anilines is 1. The Bertz CT molecular complexity index is 479. The fourth-order valence-corrected chi connectivity index (χ4v) is 2.57. The number of aliphatic hydroxyl groups excluding tert-OH is 1. The topological polar surface area (TPSA) is 59.3 Å². The third-order valence-electron chi connectivity index (χ3n) is 3.81. The smallest absolute Gasteiger partial charge is 0.0992 e. The van der Waals surface area contributed by atoms with Gasteiger partial charge in [-0.25, -0.2) is 0 Å².